The summed E-state index contributed by atoms with van der Waals surface area (Å²) in [6.07, 6.45) is 3.93. The van der Waals surface area contributed by atoms with Gasteiger partial charge in [0.15, 0.2) is 0 Å². The van der Waals surface area contributed by atoms with Gasteiger partial charge in [-0.1, -0.05) is 0 Å². The first-order chi connectivity index (χ1) is 7.24. The molecule has 0 radical (unpaired) electrons. The van der Waals surface area contributed by atoms with Gasteiger partial charge in [0.1, 0.15) is 5.78 Å². The van der Waals surface area contributed by atoms with Crippen molar-refractivity contribution < 1.29 is 14.3 Å². The zero-order valence-electron chi connectivity index (χ0n) is 9.83. The second-order valence-corrected chi connectivity index (χ2v) is 4.19. The Bertz CT molecular complexity index is 191. The molecular weight excluding hydrogens is 192 g/mol. The molecule has 88 valence electrons. The summed E-state index contributed by atoms with van der Waals surface area (Å²) in [5.41, 5.74) is 0. The quantitative estimate of drug-likeness (QED) is 0.651. The van der Waals surface area contributed by atoms with E-state index in [2.05, 4.69) is 0 Å². The summed E-state index contributed by atoms with van der Waals surface area (Å²) < 4.78 is 10.8. The van der Waals surface area contributed by atoms with Gasteiger partial charge in [-0.25, -0.2) is 0 Å². The first kappa shape index (κ1) is 12.7. The summed E-state index contributed by atoms with van der Waals surface area (Å²) in [7, 11) is 0. The Morgan fingerprint density at radius 3 is 2.93 bits per heavy atom. The number of ketones is 1. The maximum absolute atomic E-state index is 11.3. The summed E-state index contributed by atoms with van der Waals surface area (Å²) in [6, 6.07) is 0. The molecule has 0 aromatic carbocycles. The van der Waals surface area contributed by atoms with E-state index in [1.807, 2.05) is 13.8 Å². The summed E-state index contributed by atoms with van der Waals surface area (Å²) in [5.74, 6) is 0.695. The second kappa shape index (κ2) is 6.96. The van der Waals surface area contributed by atoms with Crippen LogP contribution in [0.25, 0.3) is 0 Å². The second-order valence-electron chi connectivity index (χ2n) is 4.19. The average molecular weight is 214 g/mol. The number of Topliss-reactive ketones (excluding diaryl/α,β-unsaturated/α-hetero) is 1. The lowest BCUT2D eigenvalue weighted by atomic mass is 10.0. The third-order valence-corrected chi connectivity index (χ3v) is 2.86. The SMILES string of the molecule is CCOCC(C)OCCC1CCCC1=O. The van der Waals surface area contributed by atoms with E-state index in [0.29, 0.717) is 19.0 Å². The molecule has 0 amide bonds. The molecule has 1 aliphatic rings. The smallest absolute Gasteiger partial charge is 0.136 e. The van der Waals surface area contributed by atoms with E-state index in [-0.39, 0.29) is 12.0 Å². The number of carbonyl (C=O) groups excluding carboxylic acids is 1. The van der Waals surface area contributed by atoms with Crippen molar-refractivity contribution in [3.8, 4) is 0 Å². The predicted molar refractivity (Wildman–Crippen MR) is 58.9 cm³/mol. The van der Waals surface area contributed by atoms with Crippen molar-refractivity contribution in [2.75, 3.05) is 19.8 Å². The van der Waals surface area contributed by atoms with Gasteiger partial charge in [0.2, 0.25) is 0 Å². The summed E-state index contributed by atoms with van der Waals surface area (Å²) in [5, 5.41) is 0. The molecule has 3 nitrogen and oxygen atoms in total. The molecule has 1 saturated carbocycles. The summed E-state index contributed by atoms with van der Waals surface area (Å²) in [6.45, 7) is 6.05. The molecular formula is C12H22O3. The number of carbonyl (C=O) groups is 1. The van der Waals surface area contributed by atoms with Gasteiger partial charge in [-0.05, 0) is 33.1 Å². The Kier molecular flexibility index (Phi) is 5.88. The van der Waals surface area contributed by atoms with Crippen LogP contribution < -0.4 is 0 Å². The van der Waals surface area contributed by atoms with Gasteiger partial charge < -0.3 is 9.47 Å². The first-order valence-electron chi connectivity index (χ1n) is 5.96. The maximum atomic E-state index is 11.3. The lowest BCUT2D eigenvalue weighted by molar-refractivity contribution is -0.121. The largest absolute Gasteiger partial charge is 0.379 e. The molecule has 0 aromatic rings. The van der Waals surface area contributed by atoms with Crippen LogP contribution in [-0.4, -0.2) is 31.7 Å². The normalized spacial score (nSPS) is 23.3. The van der Waals surface area contributed by atoms with Crippen LogP contribution in [0.3, 0.4) is 0 Å². The molecule has 0 saturated heterocycles. The Hall–Kier alpha value is -0.410. The molecule has 0 aliphatic heterocycles. The number of rotatable bonds is 7. The van der Waals surface area contributed by atoms with Gasteiger partial charge in [-0.15, -0.1) is 0 Å². The third-order valence-electron chi connectivity index (χ3n) is 2.86. The van der Waals surface area contributed by atoms with Gasteiger partial charge in [0, 0.05) is 25.6 Å². The fourth-order valence-corrected chi connectivity index (χ4v) is 1.94. The van der Waals surface area contributed by atoms with E-state index in [0.717, 1.165) is 32.3 Å². The van der Waals surface area contributed by atoms with Crippen LogP contribution in [-0.2, 0) is 14.3 Å². The lowest BCUT2D eigenvalue weighted by Gasteiger charge is -2.14. The van der Waals surface area contributed by atoms with Crippen molar-refractivity contribution in [3.63, 3.8) is 0 Å². The Labute approximate surface area is 92.1 Å². The minimum Gasteiger partial charge on any atom is -0.379 e. The van der Waals surface area contributed by atoms with Gasteiger partial charge in [0.05, 0.1) is 12.7 Å². The van der Waals surface area contributed by atoms with Crippen LogP contribution >= 0.6 is 0 Å². The molecule has 0 heterocycles. The highest BCUT2D eigenvalue weighted by Gasteiger charge is 2.23. The number of ether oxygens (including phenoxy) is 2. The van der Waals surface area contributed by atoms with Gasteiger partial charge in [-0.2, -0.15) is 0 Å². The van der Waals surface area contributed by atoms with Crippen molar-refractivity contribution in [1.82, 2.24) is 0 Å². The van der Waals surface area contributed by atoms with E-state index >= 15 is 0 Å². The number of hydrogen-bond acceptors (Lipinski definition) is 3. The molecule has 0 bridgehead atoms. The molecule has 3 heteroatoms. The van der Waals surface area contributed by atoms with Crippen LogP contribution in [0.2, 0.25) is 0 Å². The van der Waals surface area contributed by atoms with Crippen molar-refractivity contribution in [2.45, 2.75) is 45.6 Å². The molecule has 2 atom stereocenters. The van der Waals surface area contributed by atoms with E-state index in [1.54, 1.807) is 0 Å². The average Bonchev–Trinajstić information content (AvgIpc) is 2.61. The van der Waals surface area contributed by atoms with Gasteiger partial charge in [-0.3, -0.25) is 4.79 Å². The Balaban J connectivity index is 2.02. The van der Waals surface area contributed by atoms with Crippen molar-refractivity contribution in [2.24, 2.45) is 5.92 Å². The monoisotopic (exact) mass is 214 g/mol. The minimum absolute atomic E-state index is 0.140. The zero-order chi connectivity index (χ0) is 11.1. The van der Waals surface area contributed by atoms with Crippen molar-refractivity contribution >= 4 is 5.78 Å². The maximum Gasteiger partial charge on any atom is 0.136 e. The third kappa shape index (κ3) is 4.76. The first-order valence-corrected chi connectivity index (χ1v) is 5.96. The standard InChI is InChI=1S/C12H22O3/c1-3-14-9-10(2)15-8-7-11-5-4-6-12(11)13/h10-11H,3-9H2,1-2H3. The van der Waals surface area contributed by atoms with E-state index in [4.69, 9.17) is 9.47 Å². The van der Waals surface area contributed by atoms with Crippen LogP contribution in [0.4, 0.5) is 0 Å². The van der Waals surface area contributed by atoms with Crippen LogP contribution in [0.5, 0.6) is 0 Å². The van der Waals surface area contributed by atoms with Crippen LogP contribution in [0, 0.1) is 5.92 Å². The van der Waals surface area contributed by atoms with E-state index in [1.165, 1.54) is 0 Å². The van der Waals surface area contributed by atoms with Crippen molar-refractivity contribution in [1.29, 1.82) is 0 Å². The number of hydrogen-bond donors (Lipinski definition) is 0. The van der Waals surface area contributed by atoms with E-state index < -0.39 is 0 Å². The summed E-state index contributed by atoms with van der Waals surface area (Å²) in [4.78, 5) is 11.3. The molecule has 2 unspecified atom stereocenters. The molecule has 1 rings (SSSR count). The molecule has 0 spiro atoms. The topological polar surface area (TPSA) is 35.5 Å². The molecule has 1 aliphatic carbocycles. The predicted octanol–water partition coefficient (Wildman–Crippen LogP) is 2.19. The summed E-state index contributed by atoms with van der Waals surface area (Å²) >= 11 is 0. The van der Waals surface area contributed by atoms with Gasteiger partial charge in [0.25, 0.3) is 0 Å². The van der Waals surface area contributed by atoms with Gasteiger partial charge >= 0.3 is 0 Å². The van der Waals surface area contributed by atoms with Crippen molar-refractivity contribution in [3.05, 3.63) is 0 Å². The zero-order valence-corrected chi connectivity index (χ0v) is 9.83. The Morgan fingerprint density at radius 1 is 1.53 bits per heavy atom. The molecule has 1 fully saturated rings. The fraction of sp³-hybridized carbons (Fsp3) is 0.917. The minimum atomic E-state index is 0.140. The highest BCUT2D eigenvalue weighted by Crippen LogP contribution is 2.24. The molecule has 0 aromatic heterocycles. The molecule has 15 heavy (non-hydrogen) atoms. The van der Waals surface area contributed by atoms with E-state index in [9.17, 15) is 4.79 Å². The Morgan fingerprint density at radius 2 is 2.33 bits per heavy atom. The van der Waals surface area contributed by atoms with Crippen LogP contribution in [0.15, 0.2) is 0 Å². The highest BCUT2D eigenvalue weighted by atomic mass is 16.5. The fourth-order valence-electron chi connectivity index (χ4n) is 1.94. The highest BCUT2D eigenvalue weighted by molar-refractivity contribution is 5.82. The van der Waals surface area contributed by atoms with Crippen LogP contribution in [0.1, 0.15) is 39.5 Å². The molecule has 0 N–H and O–H groups in total. The lowest BCUT2D eigenvalue weighted by Crippen LogP contribution is -2.18.